The first-order chi connectivity index (χ1) is 12.7. The van der Waals surface area contributed by atoms with Gasteiger partial charge in [-0.3, -0.25) is 9.89 Å². The van der Waals surface area contributed by atoms with Crippen molar-refractivity contribution < 1.29 is 14.3 Å². The summed E-state index contributed by atoms with van der Waals surface area (Å²) in [5.74, 6) is -0.126. The number of rotatable bonds is 5. The number of para-hydroxylation sites is 1. The van der Waals surface area contributed by atoms with Crippen molar-refractivity contribution in [2.75, 3.05) is 33.4 Å². The summed E-state index contributed by atoms with van der Waals surface area (Å²) in [4.78, 5) is 14.2. The number of carbonyl (C=O) groups excluding carboxylic acids is 1. The van der Waals surface area contributed by atoms with Crippen molar-refractivity contribution in [2.24, 2.45) is 0 Å². The number of H-pyrrole nitrogens is 1. The number of aromatic amines is 1. The van der Waals surface area contributed by atoms with Gasteiger partial charge in [-0.15, -0.1) is 0 Å². The van der Waals surface area contributed by atoms with Crippen LogP contribution in [0, 0.1) is 0 Å². The third kappa shape index (κ3) is 3.49. The highest BCUT2D eigenvalue weighted by Crippen LogP contribution is 2.16. The van der Waals surface area contributed by atoms with Gasteiger partial charge in [0.1, 0.15) is 5.69 Å². The number of hydrogen-bond acceptors (Lipinski definition) is 4. The van der Waals surface area contributed by atoms with Crippen molar-refractivity contribution in [3.8, 4) is 0 Å². The Morgan fingerprint density at radius 3 is 3.08 bits per heavy atom. The van der Waals surface area contributed by atoms with Crippen LogP contribution in [0.3, 0.4) is 0 Å². The van der Waals surface area contributed by atoms with E-state index in [4.69, 9.17) is 9.47 Å². The number of hydrogen-bond donors (Lipinski definition) is 1. The summed E-state index contributed by atoms with van der Waals surface area (Å²) in [5.41, 5.74) is 2.46. The summed E-state index contributed by atoms with van der Waals surface area (Å²) in [7, 11) is 1.76. The summed E-state index contributed by atoms with van der Waals surface area (Å²) >= 11 is 0. The Kier molecular flexibility index (Phi) is 4.73. The molecule has 1 aliphatic rings. The van der Waals surface area contributed by atoms with Crippen LogP contribution in [0.5, 0.6) is 0 Å². The van der Waals surface area contributed by atoms with Gasteiger partial charge < -0.3 is 18.9 Å². The summed E-state index contributed by atoms with van der Waals surface area (Å²) in [5, 5.41) is 8.36. The Morgan fingerprint density at radius 1 is 1.35 bits per heavy atom. The van der Waals surface area contributed by atoms with Gasteiger partial charge in [-0.05, 0) is 23.6 Å². The van der Waals surface area contributed by atoms with Gasteiger partial charge in [0.2, 0.25) is 0 Å². The second-order valence-electron chi connectivity index (χ2n) is 6.53. The largest absolute Gasteiger partial charge is 0.376 e. The molecule has 1 amide bonds. The van der Waals surface area contributed by atoms with Crippen molar-refractivity contribution in [2.45, 2.75) is 12.6 Å². The van der Waals surface area contributed by atoms with Crippen LogP contribution in [-0.4, -0.2) is 65.1 Å². The molecule has 3 heterocycles. The van der Waals surface area contributed by atoms with E-state index in [1.165, 1.54) is 5.39 Å². The van der Waals surface area contributed by atoms with Crippen molar-refractivity contribution in [1.82, 2.24) is 19.7 Å². The Morgan fingerprint density at radius 2 is 2.23 bits per heavy atom. The SMILES string of the molecule is CN(C[C@@H]1COCCO1)C(=O)c1cc(Cn2ccc3ccccc32)[nH]n1. The lowest BCUT2D eigenvalue weighted by molar-refractivity contribution is -0.0933. The molecule has 4 rings (SSSR count). The molecule has 0 aliphatic carbocycles. The average molecular weight is 354 g/mol. The molecule has 0 unspecified atom stereocenters. The van der Waals surface area contributed by atoms with E-state index < -0.39 is 0 Å². The molecule has 0 saturated carbocycles. The molecule has 1 aromatic carbocycles. The molecule has 1 fully saturated rings. The number of ether oxygens (including phenoxy) is 2. The maximum Gasteiger partial charge on any atom is 0.274 e. The summed E-state index contributed by atoms with van der Waals surface area (Å²) in [6, 6.07) is 12.1. The van der Waals surface area contributed by atoms with E-state index in [0.29, 0.717) is 38.6 Å². The Bertz CT molecular complexity index is 895. The van der Waals surface area contributed by atoms with E-state index in [0.717, 1.165) is 11.2 Å². The van der Waals surface area contributed by atoms with Crippen LogP contribution in [0.2, 0.25) is 0 Å². The van der Waals surface area contributed by atoms with Gasteiger partial charge in [-0.2, -0.15) is 5.10 Å². The molecule has 26 heavy (non-hydrogen) atoms. The fourth-order valence-corrected chi connectivity index (χ4v) is 3.24. The highest BCUT2D eigenvalue weighted by Gasteiger charge is 2.21. The van der Waals surface area contributed by atoms with Crippen LogP contribution in [-0.2, 0) is 16.0 Å². The van der Waals surface area contributed by atoms with Crippen LogP contribution < -0.4 is 0 Å². The standard InChI is InChI=1S/C19H22N4O3/c1-22(12-16-13-25-8-9-26-16)19(24)17-10-15(20-21-17)11-23-7-6-14-4-2-3-5-18(14)23/h2-7,10,16H,8-9,11-13H2,1H3,(H,20,21)/t16-/m1/s1. The molecule has 0 radical (unpaired) electrons. The summed E-state index contributed by atoms with van der Waals surface area (Å²) in [6.07, 6.45) is 1.96. The zero-order valence-electron chi connectivity index (χ0n) is 14.7. The number of aromatic nitrogens is 3. The number of nitrogens with zero attached hydrogens (tertiary/aromatic N) is 3. The van der Waals surface area contributed by atoms with Crippen LogP contribution in [0.4, 0.5) is 0 Å². The minimum atomic E-state index is -0.126. The Balaban J connectivity index is 1.42. The minimum Gasteiger partial charge on any atom is -0.376 e. The first kappa shape index (κ1) is 16.8. The third-order valence-electron chi connectivity index (χ3n) is 4.58. The van der Waals surface area contributed by atoms with Gasteiger partial charge in [0, 0.05) is 25.3 Å². The first-order valence-electron chi connectivity index (χ1n) is 8.73. The maximum atomic E-state index is 12.6. The van der Waals surface area contributed by atoms with Gasteiger partial charge in [0.25, 0.3) is 5.91 Å². The van der Waals surface area contributed by atoms with Crippen LogP contribution in [0.25, 0.3) is 10.9 Å². The van der Waals surface area contributed by atoms with E-state index in [2.05, 4.69) is 33.0 Å². The second-order valence-corrected chi connectivity index (χ2v) is 6.53. The third-order valence-corrected chi connectivity index (χ3v) is 4.58. The van der Waals surface area contributed by atoms with Gasteiger partial charge in [0.15, 0.2) is 0 Å². The monoisotopic (exact) mass is 354 g/mol. The van der Waals surface area contributed by atoms with Gasteiger partial charge in [-0.1, -0.05) is 18.2 Å². The highest BCUT2D eigenvalue weighted by atomic mass is 16.6. The molecule has 0 spiro atoms. The van der Waals surface area contributed by atoms with Crippen LogP contribution >= 0.6 is 0 Å². The van der Waals surface area contributed by atoms with Crippen molar-refractivity contribution in [3.05, 3.63) is 54.0 Å². The average Bonchev–Trinajstić information content (AvgIpc) is 3.30. The summed E-state index contributed by atoms with van der Waals surface area (Å²) in [6.45, 7) is 2.83. The number of nitrogens with one attached hydrogen (secondary N) is 1. The van der Waals surface area contributed by atoms with E-state index in [1.54, 1.807) is 11.9 Å². The lowest BCUT2D eigenvalue weighted by Gasteiger charge is -2.27. The quantitative estimate of drug-likeness (QED) is 0.760. The molecule has 1 atom stereocenters. The molecular formula is C19H22N4O3. The van der Waals surface area contributed by atoms with E-state index in [9.17, 15) is 4.79 Å². The number of benzene rings is 1. The topological polar surface area (TPSA) is 72.4 Å². The van der Waals surface area contributed by atoms with Crippen molar-refractivity contribution >= 4 is 16.8 Å². The van der Waals surface area contributed by atoms with Crippen molar-refractivity contribution in [1.29, 1.82) is 0 Å². The highest BCUT2D eigenvalue weighted by molar-refractivity contribution is 5.92. The van der Waals surface area contributed by atoms with Gasteiger partial charge >= 0.3 is 0 Å². The minimum absolute atomic E-state index is 0.0812. The molecule has 1 N–H and O–H groups in total. The lowest BCUT2D eigenvalue weighted by Crippen LogP contribution is -2.40. The van der Waals surface area contributed by atoms with E-state index in [-0.39, 0.29) is 12.0 Å². The molecule has 0 bridgehead atoms. The maximum absolute atomic E-state index is 12.6. The number of fused-ring (bicyclic) bond motifs is 1. The zero-order valence-corrected chi connectivity index (χ0v) is 14.7. The predicted molar refractivity (Wildman–Crippen MR) is 97.1 cm³/mol. The molecule has 1 saturated heterocycles. The molecular weight excluding hydrogens is 332 g/mol. The molecule has 7 heteroatoms. The molecule has 1 aliphatic heterocycles. The van der Waals surface area contributed by atoms with E-state index >= 15 is 0 Å². The Labute approximate surface area is 151 Å². The first-order valence-corrected chi connectivity index (χ1v) is 8.73. The number of amides is 1. The summed E-state index contributed by atoms with van der Waals surface area (Å²) < 4.78 is 13.1. The zero-order chi connectivity index (χ0) is 17.9. The fraction of sp³-hybridized carbons (Fsp3) is 0.368. The molecule has 3 aromatic rings. The molecule has 136 valence electrons. The number of carbonyl (C=O) groups is 1. The fourth-order valence-electron chi connectivity index (χ4n) is 3.24. The van der Waals surface area contributed by atoms with Crippen molar-refractivity contribution in [3.63, 3.8) is 0 Å². The lowest BCUT2D eigenvalue weighted by atomic mass is 10.2. The smallest absolute Gasteiger partial charge is 0.274 e. The normalized spacial score (nSPS) is 17.5. The van der Waals surface area contributed by atoms with Gasteiger partial charge in [-0.25, -0.2) is 0 Å². The van der Waals surface area contributed by atoms with Crippen LogP contribution in [0.15, 0.2) is 42.6 Å². The van der Waals surface area contributed by atoms with Gasteiger partial charge in [0.05, 0.1) is 38.2 Å². The predicted octanol–water partition coefficient (Wildman–Crippen LogP) is 1.90. The molecule has 7 nitrogen and oxygen atoms in total. The second kappa shape index (κ2) is 7.31. The van der Waals surface area contributed by atoms with E-state index in [1.807, 2.05) is 24.4 Å². The van der Waals surface area contributed by atoms with Crippen LogP contribution in [0.1, 0.15) is 16.2 Å². The number of likely N-dealkylation sites (N-methyl/N-ethyl adjacent to an activating group) is 1. The Hall–Kier alpha value is -2.64. The molecule has 2 aromatic heterocycles.